The van der Waals surface area contributed by atoms with Gasteiger partial charge in [-0.25, -0.2) is 0 Å². The Labute approximate surface area is 105 Å². The van der Waals surface area contributed by atoms with Crippen LogP contribution in [0.5, 0.6) is 0 Å². The standard InChI is InChI=1S/C12H15N5O/c1-16(8-11-4-2-3-5-14-11)12(18)9-17-7-10(13)6-15-17/h2-7H,8-9,13H2,1H3. The number of carbonyl (C=O) groups excluding carboxylic acids is 1. The molecule has 0 saturated heterocycles. The zero-order chi connectivity index (χ0) is 13.0. The highest BCUT2D eigenvalue weighted by Crippen LogP contribution is 2.02. The monoisotopic (exact) mass is 245 g/mol. The molecule has 0 fully saturated rings. The molecule has 94 valence electrons. The summed E-state index contributed by atoms with van der Waals surface area (Å²) >= 11 is 0. The minimum absolute atomic E-state index is 0.0382. The Hall–Kier alpha value is -2.37. The molecule has 0 aliphatic heterocycles. The molecule has 2 rings (SSSR count). The van der Waals surface area contributed by atoms with Crippen LogP contribution in [0.25, 0.3) is 0 Å². The number of pyridine rings is 1. The molecular formula is C12H15N5O. The summed E-state index contributed by atoms with van der Waals surface area (Å²) in [6, 6.07) is 5.63. The average Bonchev–Trinajstić information content (AvgIpc) is 2.76. The number of amides is 1. The Morgan fingerprint density at radius 2 is 2.33 bits per heavy atom. The van der Waals surface area contributed by atoms with E-state index in [1.807, 2.05) is 18.2 Å². The van der Waals surface area contributed by atoms with Crippen molar-refractivity contribution < 1.29 is 4.79 Å². The summed E-state index contributed by atoms with van der Waals surface area (Å²) < 4.78 is 1.52. The van der Waals surface area contributed by atoms with Crippen molar-refractivity contribution in [1.82, 2.24) is 19.7 Å². The fourth-order valence-electron chi connectivity index (χ4n) is 1.55. The quantitative estimate of drug-likeness (QED) is 0.851. The topological polar surface area (TPSA) is 77.0 Å². The summed E-state index contributed by atoms with van der Waals surface area (Å²) in [4.78, 5) is 17.7. The Morgan fingerprint density at radius 3 is 2.94 bits per heavy atom. The molecule has 6 nitrogen and oxygen atoms in total. The third-order valence-corrected chi connectivity index (χ3v) is 2.50. The second kappa shape index (κ2) is 5.31. The number of nitrogens with zero attached hydrogens (tertiary/aromatic N) is 4. The molecular weight excluding hydrogens is 230 g/mol. The minimum atomic E-state index is -0.0382. The van der Waals surface area contributed by atoms with Gasteiger partial charge in [-0.2, -0.15) is 5.10 Å². The van der Waals surface area contributed by atoms with Crippen LogP contribution in [0.2, 0.25) is 0 Å². The number of likely N-dealkylation sites (N-methyl/N-ethyl adjacent to an activating group) is 1. The number of rotatable bonds is 4. The third kappa shape index (κ3) is 3.07. The third-order valence-electron chi connectivity index (χ3n) is 2.50. The zero-order valence-electron chi connectivity index (χ0n) is 10.2. The van der Waals surface area contributed by atoms with Gasteiger partial charge in [0.1, 0.15) is 6.54 Å². The fraction of sp³-hybridized carbons (Fsp3) is 0.250. The molecule has 0 aromatic carbocycles. The molecule has 0 bridgehead atoms. The van der Waals surface area contributed by atoms with Gasteiger partial charge in [-0.3, -0.25) is 14.5 Å². The van der Waals surface area contributed by atoms with Gasteiger partial charge in [0.2, 0.25) is 5.91 Å². The highest BCUT2D eigenvalue weighted by atomic mass is 16.2. The fourth-order valence-corrected chi connectivity index (χ4v) is 1.55. The molecule has 2 heterocycles. The van der Waals surface area contributed by atoms with Gasteiger partial charge in [-0.15, -0.1) is 0 Å². The molecule has 0 atom stereocenters. The number of aromatic nitrogens is 3. The SMILES string of the molecule is CN(Cc1ccccn1)C(=O)Cn1cc(N)cn1. The van der Waals surface area contributed by atoms with Crippen molar-refractivity contribution in [2.24, 2.45) is 0 Å². The summed E-state index contributed by atoms with van der Waals surface area (Å²) in [5, 5.41) is 3.97. The lowest BCUT2D eigenvalue weighted by molar-refractivity contribution is -0.131. The van der Waals surface area contributed by atoms with Gasteiger partial charge in [0.05, 0.1) is 24.1 Å². The van der Waals surface area contributed by atoms with Crippen molar-refractivity contribution in [2.75, 3.05) is 12.8 Å². The maximum atomic E-state index is 11.9. The number of hydrogen-bond donors (Lipinski definition) is 1. The molecule has 2 aromatic rings. The number of anilines is 1. The first-order valence-corrected chi connectivity index (χ1v) is 5.57. The normalized spacial score (nSPS) is 10.3. The molecule has 2 aromatic heterocycles. The molecule has 0 unspecified atom stereocenters. The summed E-state index contributed by atoms with van der Waals surface area (Å²) in [5.74, 6) is -0.0382. The molecule has 0 spiro atoms. The highest BCUT2D eigenvalue weighted by molar-refractivity contribution is 5.75. The zero-order valence-corrected chi connectivity index (χ0v) is 10.2. The molecule has 18 heavy (non-hydrogen) atoms. The van der Waals surface area contributed by atoms with Crippen LogP contribution >= 0.6 is 0 Å². The molecule has 1 amide bonds. The minimum Gasteiger partial charge on any atom is -0.396 e. The van der Waals surface area contributed by atoms with Crippen molar-refractivity contribution in [3.8, 4) is 0 Å². The van der Waals surface area contributed by atoms with E-state index in [2.05, 4.69) is 10.1 Å². The van der Waals surface area contributed by atoms with Gasteiger partial charge in [0.15, 0.2) is 0 Å². The van der Waals surface area contributed by atoms with E-state index in [4.69, 9.17) is 5.73 Å². The first-order valence-electron chi connectivity index (χ1n) is 5.57. The maximum absolute atomic E-state index is 11.9. The maximum Gasteiger partial charge on any atom is 0.244 e. The van der Waals surface area contributed by atoms with E-state index >= 15 is 0 Å². The molecule has 0 radical (unpaired) electrons. The smallest absolute Gasteiger partial charge is 0.244 e. The lowest BCUT2D eigenvalue weighted by Crippen LogP contribution is -2.30. The van der Waals surface area contributed by atoms with Crippen LogP contribution in [0, 0.1) is 0 Å². The van der Waals surface area contributed by atoms with Crippen molar-refractivity contribution in [3.05, 3.63) is 42.5 Å². The first kappa shape index (κ1) is 12.1. The van der Waals surface area contributed by atoms with Crippen LogP contribution in [0.4, 0.5) is 5.69 Å². The summed E-state index contributed by atoms with van der Waals surface area (Å²) in [5.41, 5.74) is 6.94. The predicted octanol–water partition coefficient (Wildman–Crippen LogP) is 0.519. The predicted molar refractivity (Wildman–Crippen MR) is 67.4 cm³/mol. The van der Waals surface area contributed by atoms with Crippen molar-refractivity contribution in [2.45, 2.75) is 13.1 Å². The summed E-state index contributed by atoms with van der Waals surface area (Å²) in [6.07, 6.45) is 4.86. The highest BCUT2D eigenvalue weighted by Gasteiger charge is 2.10. The van der Waals surface area contributed by atoms with Crippen LogP contribution in [-0.2, 0) is 17.9 Å². The van der Waals surface area contributed by atoms with Crippen LogP contribution in [0.15, 0.2) is 36.8 Å². The van der Waals surface area contributed by atoms with Gasteiger partial charge < -0.3 is 10.6 Å². The van der Waals surface area contributed by atoms with Gasteiger partial charge in [-0.1, -0.05) is 6.07 Å². The van der Waals surface area contributed by atoms with Gasteiger partial charge >= 0.3 is 0 Å². The van der Waals surface area contributed by atoms with Crippen molar-refractivity contribution in [3.63, 3.8) is 0 Å². The van der Waals surface area contributed by atoms with E-state index in [9.17, 15) is 4.79 Å². The molecule has 0 saturated carbocycles. The molecule has 0 aliphatic carbocycles. The van der Waals surface area contributed by atoms with Crippen LogP contribution in [0.3, 0.4) is 0 Å². The summed E-state index contributed by atoms with van der Waals surface area (Å²) in [7, 11) is 1.74. The Morgan fingerprint density at radius 1 is 1.50 bits per heavy atom. The second-order valence-electron chi connectivity index (χ2n) is 4.04. The van der Waals surface area contributed by atoms with Gasteiger partial charge in [0.25, 0.3) is 0 Å². The van der Waals surface area contributed by atoms with Crippen molar-refractivity contribution >= 4 is 11.6 Å². The Kier molecular flexibility index (Phi) is 3.57. The van der Waals surface area contributed by atoms with Crippen LogP contribution in [0.1, 0.15) is 5.69 Å². The molecule has 6 heteroatoms. The van der Waals surface area contributed by atoms with E-state index in [1.165, 1.54) is 10.9 Å². The Bertz CT molecular complexity index is 522. The number of nitrogens with two attached hydrogens (primary N) is 1. The summed E-state index contributed by atoms with van der Waals surface area (Å²) in [6.45, 7) is 0.664. The lowest BCUT2D eigenvalue weighted by Gasteiger charge is -2.16. The van der Waals surface area contributed by atoms with E-state index in [1.54, 1.807) is 24.3 Å². The molecule has 2 N–H and O–H groups in total. The average molecular weight is 245 g/mol. The van der Waals surface area contributed by atoms with E-state index in [0.29, 0.717) is 12.2 Å². The van der Waals surface area contributed by atoms with Crippen LogP contribution in [-0.4, -0.2) is 32.6 Å². The van der Waals surface area contributed by atoms with Gasteiger partial charge in [-0.05, 0) is 12.1 Å². The first-order chi connectivity index (χ1) is 8.65. The van der Waals surface area contributed by atoms with Crippen molar-refractivity contribution in [1.29, 1.82) is 0 Å². The number of carbonyl (C=O) groups is 1. The largest absolute Gasteiger partial charge is 0.396 e. The lowest BCUT2D eigenvalue weighted by atomic mass is 10.3. The number of nitrogen functional groups attached to an aromatic ring is 1. The van der Waals surface area contributed by atoms with Gasteiger partial charge in [0, 0.05) is 19.4 Å². The van der Waals surface area contributed by atoms with E-state index in [0.717, 1.165) is 5.69 Å². The number of hydrogen-bond acceptors (Lipinski definition) is 4. The Balaban J connectivity index is 1.93. The second-order valence-corrected chi connectivity index (χ2v) is 4.04. The van der Waals surface area contributed by atoms with E-state index < -0.39 is 0 Å². The van der Waals surface area contributed by atoms with E-state index in [-0.39, 0.29) is 12.5 Å². The molecule has 0 aliphatic rings. The van der Waals surface area contributed by atoms with Crippen LogP contribution < -0.4 is 5.73 Å².